The number of imidazole rings is 1. The summed E-state index contributed by atoms with van der Waals surface area (Å²) in [4.78, 5) is 23.2. The fourth-order valence-corrected chi connectivity index (χ4v) is 2.96. The Morgan fingerprint density at radius 2 is 1.89 bits per heavy atom. The summed E-state index contributed by atoms with van der Waals surface area (Å²) in [6.45, 7) is 0. The van der Waals surface area contributed by atoms with E-state index in [9.17, 15) is 4.79 Å². The van der Waals surface area contributed by atoms with Gasteiger partial charge in [-0.1, -0.05) is 18.2 Å². The molecule has 7 nitrogen and oxygen atoms in total. The Hall–Kier alpha value is -3.74. The van der Waals surface area contributed by atoms with Gasteiger partial charge in [-0.25, -0.2) is 4.98 Å². The third-order valence-corrected chi connectivity index (χ3v) is 4.33. The second-order valence-electron chi connectivity index (χ2n) is 5.88. The number of methoxy groups -OCH3 is 3. The molecule has 0 unspecified atom stereocenters. The monoisotopic (exact) mass is 382 g/mol. The van der Waals surface area contributed by atoms with Crippen molar-refractivity contribution in [2.24, 2.45) is 0 Å². The van der Waals surface area contributed by atoms with Gasteiger partial charge in [0.15, 0.2) is 11.5 Å². The summed E-state index contributed by atoms with van der Waals surface area (Å²) < 4.78 is 53.9. The molecule has 7 heteroatoms. The average Bonchev–Trinajstić information content (AvgIpc) is 3.30. The Bertz CT molecular complexity index is 1330. The molecule has 0 saturated carbocycles. The van der Waals surface area contributed by atoms with Gasteiger partial charge in [0.2, 0.25) is 11.5 Å². The Balaban J connectivity index is 1.78. The highest BCUT2D eigenvalue weighted by atomic mass is 16.5. The molecule has 0 spiro atoms. The van der Waals surface area contributed by atoms with Gasteiger partial charge in [-0.2, -0.15) is 0 Å². The van der Waals surface area contributed by atoms with E-state index < -0.39 is 12.8 Å². The summed E-state index contributed by atoms with van der Waals surface area (Å²) in [6, 6.07) is 9.87. The van der Waals surface area contributed by atoms with E-state index in [1.165, 1.54) is 26.4 Å². The van der Waals surface area contributed by atoms with E-state index in [0.717, 1.165) is 10.9 Å². The first-order valence-electron chi connectivity index (χ1n) is 10.8. The molecule has 0 saturated heterocycles. The highest BCUT2D eigenvalue weighted by molar-refractivity contribution is 6.09. The number of nitrogens with zero attached hydrogens (tertiary/aromatic N) is 1. The molecule has 4 rings (SSSR count). The number of H-pyrrole nitrogens is 2. The van der Waals surface area contributed by atoms with Crippen LogP contribution in [0.5, 0.6) is 17.2 Å². The van der Waals surface area contributed by atoms with Gasteiger partial charge >= 0.3 is 0 Å². The molecular formula is C21H19N3O4. The molecule has 0 aliphatic heterocycles. The molecule has 0 fully saturated rings. The van der Waals surface area contributed by atoms with Gasteiger partial charge in [0.05, 0.1) is 34.3 Å². The Kier molecular flexibility index (Phi) is 3.20. The van der Waals surface area contributed by atoms with Crippen LogP contribution in [-0.4, -0.2) is 42.0 Å². The van der Waals surface area contributed by atoms with E-state index >= 15 is 0 Å². The normalized spacial score (nSPS) is 13.9. The topological polar surface area (TPSA) is 89.2 Å². The third-order valence-electron chi connectivity index (χ3n) is 4.33. The van der Waals surface area contributed by atoms with Crippen LogP contribution < -0.4 is 14.2 Å². The molecule has 0 bridgehead atoms. The Morgan fingerprint density at radius 1 is 1.14 bits per heavy atom. The van der Waals surface area contributed by atoms with Gasteiger partial charge in [0.1, 0.15) is 11.5 Å². The lowest BCUT2D eigenvalue weighted by Crippen LogP contribution is -2.04. The van der Waals surface area contributed by atoms with Gasteiger partial charge in [-0.3, -0.25) is 4.79 Å². The molecule has 0 aliphatic rings. The van der Waals surface area contributed by atoms with Crippen molar-refractivity contribution in [2.45, 2.75) is 0 Å². The van der Waals surface area contributed by atoms with Crippen molar-refractivity contribution in [3.63, 3.8) is 0 Å². The van der Waals surface area contributed by atoms with Crippen LogP contribution in [0.2, 0.25) is 0 Å². The van der Waals surface area contributed by atoms with E-state index in [2.05, 4.69) is 15.0 Å². The van der Waals surface area contributed by atoms with Gasteiger partial charge in [-0.15, -0.1) is 0 Å². The zero-order valence-corrected chi connectivity index (χ0v) is 15.0. The van der Waals surface area contributed by atoms with E-state index in [-0.39, 0.29) is 46.7 Å². The number of benzene rings is 2. The highest BCUT2D eigenvalue weighted by Crippen LogP contribution is 2.38. The molecule has 2 aromatic carbocycles. The number of para-hydroxylation sites is 1. The molecule has 0 radical (unpaired) electrons. The van der Waals surface area contributed by atoms with Crippen LogP contribution in [0, 0.1) is 0 Å². The van der Waals surface area contributed by atoms with Crippen molar-refractivity contribution in [3.05, 3.63) is 60.0 Å². The van der Waals surface area contributed by atoms with E-state index in [4.69, 9.17) is 21.1 Å². The second-order valence-corrected chi connectivity index (χ2v) is 5.88. The number of carbonyl (C=O) groups excluding carboxylic acids is 1. The number of ether oxygens (including phenoxy) is 3. The maximum absolute atomic E-state index is 13.2. The van der Waals surface area contributed by atoms with Crippen LogP contribution >= 0.6 is 0 Å². The minimum Gasteiger partial charge on any atom is -0.493 e. The number of hydrogen-bond donors (Lipinski definition) is 2. The summed E-state index contributed by atoms with van der Waals surface area (Å²) in [5.41, 5.74) is 1.13. The standard InChI is InChI=1S/C21H19N3O4/c1-26-17-8-12(9-18(27-2)20(17)28-3)19(25)16-11-23-21(24-16)14-10-22-15-7-5-4-6-13(14)15/h4-11,22H,1-3H3,(H,23,24)/i3D3,10D,11D. The van der Waals surface area contributed by atoms with Crippen LogP contribution in [0.3, 0.4) is 0 Å². The number of carbonyl (C=O) groups is 1. The zero-order chi connectivity index (χ0) is 23.9. The average molecular weight is 382 g/mol. The maximum Gasteiger partial charge on any atom is 0.211 e. The summed E-state index contributed by atoms with van der Waals surface area (Å²) in [7, 11) is -0.162. The predicted octanol–water partition coefficient (Wildman–Crippen LogP) is 3.81. The fraction of sp³-hybridized carbons (Fsp3) is 0.143. The quantitative estimate of drug-likeness (QED) is 0.495. The van der Waals surface area contributed by atoms with Gasteiger partial charge in [-0.05, 0) is 18.2 Å². The van der Waals surface area contributed by atoms with E-state index in [0.29, 0.717) is 5.56 Å². The number of ketones is 1. The summed E-state index contributed by atoms with van der Waals surface area (Å²) in [6.07, 6.45) is -0.209. The first kappa shape index (κ1) is 12.6. The lowest BCUT2D eigenvalue weighted by atomic mass is 10.1. The first-order valence-corrected chi connectivity index (χ1v) is 8.27. The maximum atomic E-state index is 13.2. The van der Waals surface area contributed by atoms with Crippen molar-refractivity contribution >= 4 is 16.7 Å². The SMILES string of the molecule is [2H]c1nc(-c2c([2H])[nH]c3ccccc23)[nH]c1C(=O)c1cc(OC)c(OC([2H])([2H])[2H])c(OC)c1. The third kappa shape index (κ3) is 2.87. The van der Waals surface area contributed by atoms with Crippen LogP contribution in [-0.2, 0) is 0 Å². The smallest absolute Gasteiger partial charge is 0.211 e. The van der Waals surface area contributed by atoms with Crippen LogP contribution in [0.15, 0.2) is 48.7 Å². The fourth-order valence-electron chi connectivity index (χ4n) is 2.96. The molecule has 0 atom stereocenters. The van der Waals surface area contributed by atoms with Crippen LogP contribution in [0.25, 0.3) is 22.3 Å². The zero-order valence-electron chi connectivity index (χ0n) is 20.0. The number of rotatable bonds is 6. The van der Waals surface area contributed by atoms with Crippen molar-refractivity contribution in [1.29, 1.82) is 0 Å². The van der Waals surface area contributed by atoms with Crippen LogP contribution in [0.1, 0.15) is 22.9 Å². The molecule has 142 valence electrons. The van der Waals surface area contributed by atoms with Crippen molar-refractivity contribution in [3.8, 4) is 28.6 Å². The molecule has 2 heterocycles. The summed E-state index contributed by atoms with van der Waals surface area (Å²) in [5, 5.41) is 0.727. The first-order chi connectivity index (χ1) is 15.6. The second kappa shape index (κ2) is 7.11. The van der Waals surface area contributed by atoms with Gasteiger partial charge in [0.25, 0.3) is 0 Å². The van der Waals surface area contributed by atoms with E-state index in [1.807, 2.05) is 24.3 Å². The Labute approximate surface area is 168 Å². The van der Waals surface area contributed by atoms with Crippen molar-refractivity contribution in [2.75, 3.05) is 21.3 Å². The van der Waals surface area contributed by atoms with Crippen LogP contribution in [0.4, 0.5) is 0 Å². The predicted molar refractivity (Wildman–Crippen MR) is 105 cm³/mol. The van der Waals surface area contributed by atoms with Crippen molar-refractivity contribution < 1.29 is 25.9 Å². The van der Waals surface area contributed by atoms with Gasteiger partial charge < -0.3 is 24.2 Å². The molecule has 4 aromatic rings. The number of nitrogens with one attached hydrogen (secondary N) is 2. The minimum atomic E-state index is -2.76. The van der Waals surface area contributed by atoms with E-state index in [1.54, 1.807) is 0 Å². The van der Waals surface area contributed by atoms with Gasteiger partial charge in [0, 0.05) is 28.2 Å². The highest BCUT2D eigenvalue weighted by Gasteiger charge is 2.20. The number of aromatic nitrogens is 3. The largest absolute Gasteiger partial charge is 0.493 e. The summed E-state index contributed by atoms with van der Waals surface area (Å²) in [5.74, 6) is -0.616. The molecule has 2 N–H and O–H groups in total. The number of hydrogen-bond acceptors (Lipinski definition) is 5. The lowest BCUT2D eigenvalue weighted by Gasteiger charge is -2.13. The molecule has 0 aliphatic carbocycles. The minimum absolute atomic E-state index is 0.0230. The lowest BCUT2D eigenvalue weighted by molar-refractivity contribution is 0.103. The van der Waals surface area contributed by atoms with Crippen molar-refractivity contribution in [1.82, 2.24) is 15.0 Å². The molecule has 0 amide bonds. The number of aromatic amines is 2. The molecule has 28 heavy (non-hydrogen) atoms. The number of fused-ring (bicyclic) bond motifs is 1. The Morgan fingerprint density at radius 3 is 2.61 bits per heavy atom. The molecule has 2 aromatic heterocycles. The summed E-state index contributed by atoms with van der Waals surface area (Å²) >= 11 is 0. The molecular weight excluding hydrogens is 358 g/mol.